The van der Waals surface area contributed by atoms with Gasteiger partial charge in [0.1, 0.15) is 4.90 Å². The molecule has 0 aromatic carbocycles. The Morgan fingerprint density at radius 1 is 1.32 bits per heavy atom. The van der Waals surface area contributed by atoms with Gasteiger partial charge in [-0.2, -0.15) is 5.10 Å². The molecule has 2 heterocycles. The van der Waals surface area contributed by atoms with Crippen LogP contribution in [0.5, 0.6) is 0 Å². The lowest BCUT2D eigenvalue weighted by molar-refractivity contribution is 0.531. The summed E-state index contributed by atoms with van der Waals surface area (Å²) in [6, 6.07) is 3.66. The fraction of sp³-hybridized carbons (Fsp3) is 0.333. The van der Waals surface area contributed by atoms with E-state index in [4.69, 9.17) is 0 Å². The van der Waals surface area contributed by atoms with Crippen LogP contribution in [0.15, 0.2) is 41.8 Å². The van der Waals surface area contributed by atoms with Crippen molar-refractivity contribution in [3.05, 3.63) is 42.5 Å². The van der Waals surface area contributed by atoms with Crippen LogP contribution in [-0.4, -0.2) is 23.2 Å². The number of hydrogen-bond acceptors (Lipinski definition) is 4. The quantitative estimate of drug-likeness (QED) is 0.896. The van der Waals surface area contributed by atoms with Crippen molar-refractivity contribution >= 4 is 10.0 Å². The molecular weight excluding hydrogens is 264 g/mol. The van der Waals surface area contributed by atoms with Gasteiger partial charge in [0.05, 0.1) is 6.20 Å². The van der Waals surface area contributed by atoms with Crippen LogP contribution in [0.3, 0.4) is 0 Å². The van der Waals surface area contributed by atoms with Crippen LogP contribution < -0.4 is 4.72 Å². The molecule has 0 aliphatic heterocycles. The summed E-state index contributed by atoms with van der Waals surface area (Å²) in [4.78, 5) is 4.06. The van der Waals surface area contributed by atoms with Gasteiger partial charge in [0.25, 0.3) is 0 Å². The summed E-state index contributed by atoms with van der Waals surface area (Å²) in [7, 11) is -3.52. The van der Waals surface area contributed by atoms with Gasteiger partial charge in [-0.25, -0.2) is 13.1 Å². The summed E-state index contributed by atoms with van der Waals surface area (Å²) >= 11 is 0. The van der Waals surface area contributed by atoms with Crippen molar-refractivity contribution in [1.82, 2.24) is 19.5 Å². The molecule has 0 fully saturated rings. The Balaban J connectivity index is 2.09. The number of rotatable bonds is 5. The Bertz CT molecular complexity index is 635. The summed E-state index contributed by atoms with van der Waals surface area (Å²) in [6.07, 6.45) is 6.13. The second-order valence-electron chi connectivity index (χ2n) is 4.43. The SMILES string of the molecule is CC(C)n1cc(S(=O)(=O)NCc2ccncc2)cn1. The third-order valence-electron chi connectivity index (χ3n) is 2.63. The summed E-state index contributed by atoms with van der Waals surface area (Å²) in [5, 5.41) is 4.02. The maximum Gasteiger partial charge on any atom is 0.243 e. The average Bonchev–Trinajstić information content (AvgIpc) is 2.88. The maximum atomic E-state index is 12.1. The second kappa shape index (κ2) is 5.50. The van der Waals surface area contributed by atoms with Crippen LogP contribution in [0.1, 0.15) is 25.5 Å². The molecule has 0 bridgehead atoms. The minimum Gasteiger partial charge on any atom is -0.269 e. The minimum absolute atomic E-state index is 0.129. The van der Waals surface area contributed by atoms with Gasteiger partial charge in [0.15, 0.2) is 0 Å². The number of pyridine rings is 1. The molecule has 2 aromatic heterocycles. The van der Waals surface area contributed by atoms with Gasteiger partial charge in [0, 0.05) is 31.2 Å². The number of nitrogens with one attached hydrogen (secondary N) is 1. The van der Waals surface area contributed by atoms with Gasteiger partial charge in [-0.3, -0.25) is 9.67 Å². The molecule has 0 saturated heterocycles. The Morgan fingerprint density at radius 2 is 2.00 bits per heavy atom. The third kappa shape index (κ3) is 3.39. The standard InChI is InChI=1S/C12H16N4O2S/c1-10(2)16-9-12(8-14-16)19(17,18)15-7-11-3-5-13-6-4-11/h3-6,8-10,15H,7H2,1-2H3. The zero-order chi connectivity index (χ0) is 13.9. The van der Waals surface area contributed by atoms with Gasteiger partial charge in [-0.05, 0) is 31.5 Å². The Morgan fingerprint density at radius 3 is 2.58 bits per heavy atom. The normalized spacial score (nSPS) is 11.9. The monoisotopic (exact) mass is 280 g/mol. The average molecular weight is 280 g/mol. The van der Waals surface area contributed by atoms with Crippen LogP contribution in [-0.2, 0) is 16.6 Å². The summed E-state index contributed by atoms with van der Waals surface area (Å²) < 4.78 is 28.3. The van der Waals surface area contributed by atoms with E-state index in [1.165, 1.54) is 12.4 Å². The van der Waals surface area contributed by atoms with Crippen molar-refractivity contribution in [1.29, 1.82) is 0 Å². The molecule has 0 unspecified atom stereocenters. The third-order valence-corrected chi connectivity index (χ3v) is 3.99. The zero-order valence-electron chi connectivity index (χ0n) is 10.8. The summed E-state index contributed by atoms with van der Waals surface area (Å²) in [5.74, 6) is 0. The molecule has 2 rings (SSSR count). The van der Waals surface area contributed by atoms with E-state index in [0.717, 1.165) is 5.56 Å². The smallest absolute Gasteiger partial charge is 0.243 e. The molecule has 0 radical (unpaired) electrons. The predicted octanol–water partition coefficient (Wildman–Crippen LogP) is 1.34. The van der Waals surface area contributed by atoms with Crippen LogP contribution in [0, 0.1) is 0 Å². The molecule has 1 N–H and O–H groups in total. The van der Waals surface area contributed by atoms with E-state index in [-0.39, 0.29) is 17.5 Å². The summed E-state index contributed by atoms with van der Waals surface area (Å²) in [6.45, 7) is 4.11. The van der Waals surface area contributed by atoms with Crippen LogP contribution in [0.4, 0.5) is 0 Å². The van der Waals surface area contributed by atoms with Crippen molar-refractivity contribution in [2.75, 3.05) is 0 Å². The van der Waals surface area contributed by atoms with Gasteiger partial charge in [0.2, 0.25) is 10.0 Å². The molecule has 19 heavy (non-hydrogen) atoms. The first-order chi connectivity index (χ1) is 8.99. The number of sulfonamides is 1. The van der Waals surface area contributed by atoms with Crippen LogP contribution in [0.25, 0.3) is 0 Å². The highest BCUT2D eigenvalue weighted by atomic mass is 32.2. The van der Waals surface area contributed by atoms with Crippen molar-refractivity contribution in [2.45, 2.75) is 31.3 Å². The van der Waals surface area contributed by atoms with Crippen LogP contribution >= 0.6 is 0 Å². The highest BCUT2D eigenvalue weighted by Crippen LogP contribution is 2.11. The van der Waals surface area contributed by atoms with Crippen molar-refractivity contribution in [3.63, 3.8) is 0 Å². The van der Waals surface area contributed by atoms with Gasteiger partial charge in [-0.1, -0.05) is 0 Å². The molecule has 0 aliphatic rings. The molecule has 0 amide bonds. The highest BCUT2D eigenvalue weighted by Gasteiger charge is 2.16. The van der Waals surface area contributed by atoms with E-state index in [0.29, 0.717) is 0 Å². The lowest BCUT2D eigenvalue weighted by Gasteiger charge is -2.05. The lowest BCUT2D eigenvalue weighted by atomic mass is 10.3. The minimum atomic E-state index is -3.52. The molecule has 0 saturated carbocycles. The van der Waals surface area contributed by atoms with Crippen molar-refractivity contribution in [3.8, 4) is 0 Å². The molecule has 102 valence electrons. The molecule has 2 aromatic rings. The van der Waals surface area contributed by atoms with E-state index in [2.05, 4.69) is 14.8 Å². The van der Waals surface area contributed by atoms with E-state index in [1.54, 1.807) is 29.2 Å². The van der Waals surface area contributed by atoms with Crippen molar-refractivity contribution in [2.24, 2.45) is 0 Å². The summed E-state index contributed by atoms with van der Waals surface area (Å²) in [5.41, 5.74) is 0.856. The maximum absolute atomic E-state index is 12.1. The first kappa shape index (κ1) is 13.7. The van der Waals surface area contributed by atoms with Gasteiger partial charge in [-0.15, -0.1) is 0 Å². The fourth-order valence-electron chi connectivity index (χ4n) is 1.50. The van der Waals surface area contributed by atoms with Gasteiger partial charge >= 0.3 is 0 Å². The lowest BCUT2D eigenvalue weighted by Crippen LogP contribution is -2.22. The molecule has 7 heteroatoms. The molecule has 0 spiro atoms. The van der Waals surface area contributed by atoms with E-state index in [9.17, 15) is 8.42 Å². The van der Waals surface area contributed by atoms with E-state index in [1.807, 2.05) is 13.8 Å². The fourth-order valence-corrected chi connectivity index (χ4v) is 2.46. The van der Waals surface area contributed by atoms with E-state index < -0.39 is 10.0 Å². The number of hydrogen-bond donors (Lipinski definition) is 1. The number of aromatic nitrogens is 3. The second-order valence-corrected chi connectivity index (χ2v) is 6.20. The molecule has 0 atom stereocenters. The van der Waals surface area contributed by atoms with Crippen LogP contribution in [0.2, 0.25) is 0 Å². The topological polar surface area (TPSA) is 76.9 Å². The molecular formula is C12H16N4O2S. The van der Waals surface area contributed by atoms with Gasteiger partial charge < -0.3 is 0 Å². The predicted molar refractivity (Wildman–Crippen MR) is 70.9 cm³/mol. The molecule has 6 nitrogen and oxygen atoms in total. The van der Waals surface area contributed by atoms with E-state index >= 15 is 0 Å². The number of nitrogens with zero attached hydrogens (tertiary/aromatic N) is 3. The Kier molecular flexibility index (Phi) is 3.96. The van der Waals surface area contributed by atoms with Crippen molar-refractivity contribution < 1.29 is 8.42 Å². The molecule has 0 aliphatic carbocycles. The first-order valence-electron chi connectivity index (χ1n) is 5.92. The Labute approximate surface area is 112 Å². The largest absolute Gasteiger partial charge is 0.269 e. The highest BCUT2D eigenvalue weighted by molar-refractivity contribution is 7.89. The zero-order valence-corrected chi connectivity index (χ0v) is 11.6. The first-order valence-corrected chi connectivity index (χ1v) is 7.40. The Hall–Kier alpha value is -1.73.